The number of hydrogen-bond acceptors (Lipinski definition) is 5. The number of amides is 1. The van der Waals surface area contributed by atoms with Crippen molar-refractivity contribution >= 4 is 21.4 Å². The molecule has 4 rings (SSSR count). The van der Waals surface area contributed by atoms with Crippen LogP contribution in [-0.4, -0.2) is 66.7 Å². The summed E-state index contributed by atoms with van der Waals surface area (Å²) >= 11 is 0. The highest BCUT2D eigenvalue weighted by molar-refractivity contribution is 7.91. The van der Waals surface area contributed by atoms with Crippen molar-refractivity contribution in [2.45, 2.75) is 33.2 Å². The predicted octanol–water partition coefficient (Wildman–Crippen LogP) is 2.13. The molecule has 2 saturated heterocycles. The van der Waals surface area contributed by atoms with Crippen LogP contribution in [0.2, 0.25) is 0 Å². The average molecular weight is 417 g/mol. The molecule has 0 aliphatic carbocycles. The Bertz CT molecular complexity index is 1040. The van der Waals surface area contributed by atoms with Crippen LogP contribution >= 0.6 is 0 Å². The van der Waals surface area contributed by atoms with Crippen molar-refractivity contribution in [3.8, 4) is 0 Å². The molecule has 7 nitrogen and oxygen atoms in total. The zero-order valence-corrected chi connectivity index (χ0v) is 18.1. The lowest BCUT2D eigenvalue weighted by atomic mass is 10.1. The van der Waals surface area contributed by atoms with Crippen LogP contribution in [-0.2, 0) is 9.84 Å². The molecule has 1 atom stereocenters. The Labute approximate surface area is 172 Å². The minimum absolute atomic E-state index is 0.0726. The van der Waals surface area contributed by atoms with Crippen molar-refractivity contribution in [1.29, 1.82) is 0 Å². The van der Waals surface area contributed by atoms with Crippen molar-refractivity contribution in [1.82, 2.24) is 14.7 Å². The van der Waals surface area contributed by atoms with Crippen molar-refractivity contribution in [3.63, 3.8) is 0 Å². The van der Waals surface area contributed by atoms with Gasteiger partial charge >= 0.3 is 0 Å². The lowest BCUT2D eigenvalue weighted by Gasteiger charge is -2.36. The molecule has 2 aliphatic heterocycles. The van der Waals surface area contributed by atoms with Crippen LogP contribution in [0.3, 0.4) is 0 Å². The first kappa shape index (κ1) is 19.9. The number of carbonyl (C=O) groups is 1. The van der Waals surface area contributed by atoms with Crippen LogP contribution in [0.4, 0.5) is 5.69 Å². The minimum atomic E-state index is -2.95. The third-order valence-electron chi connectivity index (χ3n) is 5.99. The average Bonchev–Trinajstić information content (AvgIpc) is 3.19. The molecule has 0 saturated carbocycles. The molecule has 156 valence electrons. The molecular weight excluding hydrogens is 388 g/mol. The summed E-state index contributed by atoms with van der Waals surface area (Å²) < 4.78 is 25.6. The third kappa shape index (κ3) is 3.90. The van der Waals surface area contributed by atoms with Gasteiger partial charge < -0.3 is 9.80 Å². The van der Waals surface area contributed by atoms with E-state index in [4.69, 9.17) is 0 Å². The van der Waals surface area contributed by atoms with E-state index in [1.807, 2.05) is 54.6 Å². The van der Waals surface area contributed by atoms with Gasteiger partial charge in [0.05, 0.1) is 34.6 Å². The van der Waals surface area contributed by atoms with Gasteiger partial charge in [0.25, 0.3) is 5.91 Å². The Morgan fingerprint density at radius 3 is 2.45 bits per heavy atom. The topological polar surface area (TPSA) is 75.5 Å². The normalized spacial score (nSPS) is 21.6. The molecule has 29 heavy (non-hydrogen) atoms. The van der Waals surface area contributed by atoms with E-state index in [1.54, 1.807) is 0 Å². The fraction of sp³-hybridized carbons (Fsp3) is 0.524. The van der Waals surface area contributed by atoms with Gasteiger partial charge in [0.15, 0.2) is 9.84 Å². The molecule has 3 heterocycles. The van der Waals surface area contributed by atoms with Gasteiger partial charge in [-0.05, 0) is 39.3 Å². The van der Waals surface area contributed by atoms with Crippen LogP contribution in [0.1, 0.15) is 39.8 Å². The lowest BCUT2D eigenvalue weighted by Crippen LogP contribution is -2.49. The largest absolute Gasteiger partial charge is 0.365 e. The Morgan fingerprint density at radius 2 is 1.83 bits per heavy atom. The summed E-state index contributed by atoms with van der Waals surface area (Å²) in [6.45, 7) is 8.80. The molecule has 2 aromatic rings. The van der Waals surface area contributed by atoms with Crippen molar-refractivity contribution in [3.05, 3.63) is 46.8 Å². The van der Waals surface area contributed by atoms with Gasteiger partial charge in [-0.15, -0.1) is 0 Å². The number of aromatic nitrogens is 2. The van der Waals surface area contributed by atoms with Gasteiger partial charge in [0.1, 0.15) is 0 Å². The summed E-state index contributed by atoms with van der Waals surface area (Å²) in [5.41, 5.74) is 4.84. The van der Waals surface area contributed by atoms with Crippen molar-refractivity contribution in [2.24, 2.45) is 0 Å². The van der Waals surface area contributed by atoms with Crippen LogP contribution in [0.5, 0.6) is 0 Å². The number of sulfone groups is 1. The maximum atomic E-state index is 12.8. The van der Waals surface area contributed by atoms with Crippen LogP contribution in [0, 0.1) is 20.8 Å². The number of nitrogens with zero attached hydrogens (tertiary/aromatic N) is 4. The summed E-state index contributed by atoms with van der Waals surface area (Å²) in [6.07, 6.45) is 0.627. The molecular formula is C21H28N4O3S. The molecule has 1 unspecified atom stereocenters. The number of rotatable bonds is 3. The number of anilines is 1. The summed E-state index contributed by atoms with van der Waals surface area (Å²) in [7, 11) is -2.95. The van der Waals surface area contributed by atoms with E-state index in [1.165, 1.54) is 0 Å². The van der Waals surface area contributed by atoms with Gasteiger partial charge in [0.2, 0.25) is 0 Å². The second-order valence-electron chi connectivity index (χ2n) is 8.17. The predicted molar refractivity (Wildman–Crippen MR) is 113 cm³/mol. The first-order chi connectivity index (χ1) is 13.7. The minimum Gasteiger partial charge on any atom is -0.365 e. The van der Waals surface area contributed by atoms with E-state index in [0.29, 0.717) is 19.5 Å². The quantitative estimate of drug-likeness (QED) is 0.766. The molecule has 0 radical (unpaired) electrons. The molecule has 0 N–H and O–H groups in total. The van der Waals surface area contributed by atoms with E-state index in [-0.39, 0.29) is 23.5 Å². The number of aryl methyl sites for hydroxylation is 2. The second-order valence-corrected chi connectivity index (χ2v) is 10.4. The molecule has 0 bridgehead atoms. The first-order valence-corrected chi connectivity index (χ1v) is 11.9. The number of carbonyl (C=O) groups excluding carboxylic acids is 1. The zero-order chi connectivity index (χ0) is 20.8. The maximum absolute atomic E-state index is 12.8. The summed E-state index contributed by atoms with van der Waals surface area (Å²) in [4.78, 5) is 17.0. The smallest absolute Gasteiger partial charge is 0.253 e. The monoisotopic (exact) mass is 416 g/mol. The highest BCUT2D eigenvalue weighted by atomic mass is 32.2. The van der Waals surface area contributed by atoms with Gasteiger partial charge in [-0.25, -0.2) is 8.42 Å². The number of benzene rings is 1. The molecule has 1 aromatic heterocycles. The van der Waals surface area contributed by atoms with E-state index in [0.717, 1.165) is 41.3 Å². The lowest BCUT2D eigenvalue weighted by molar-refractivity contribution is 0.0746. The summed E-state index contributed by atoms with van der Waals surface area (Å²) in [5, 5.41) is 4.67. The molecule has 8 heteroatoms. The Hall–Kier alpha value is -2.35. The Balaban J connectivity index is 1.47. The van der Waals surface area contributed by atoms with E-state index >= 15 is 0 Å². The number of hydrogen-bond donors (Lipinski definition) is 0. The summed E-state index contributed by atoms with van der Waals surface area (Å²) in [6, 6.07) is 7.64. The van der Waals surface area contributed by atoms with Crippen LogP contribution in [0.15, 0.2) is 24.3 Å². The molecule has 2 aliphatic rings. The van der Waals surface area contributed by atoms with Crippen molar-refractivity contribution in [2.75, 3.05) is 42.6 Å². The number of piperazine rings is 1. The van der Waals surface area contributed by atoms with Crippen LogP contribution < -0.4 is 4.90 Å². The first-order valence-electron chi connectivity index (χ1n) is 10.1. The van der Waals surface area contributed by atoms with Gasteiger partial charge in [0, 0.05) is 31.7 Å². The molecule has 1 amide bonds. The van der Waals surface area contributed by atoms with E-state index in [2.05, 4.69) is 10.00 Å². The zero-order valence-electron chi connectivity index (χ0n) is 17.3. The maximum Gasteiger partial charge on any atom is 0.253 e. The SMILES string of the molecule is Cc1cccc(C(=O)N2CCN(c3c(C)nn(C4CCS(=O)(=O)C4)c3C)CC2)c1. The highest BCUT2D eigenvalue weighted by Gasteiger charge is 2.33. The second kappa shape index (κ2) is 7.48. The van der Waals surface area contributed by atoms with Gasteiger partial charge in [-0.3, -0.25) is 9.48 Å². The van der Waals surface area contributed by atoms with Crippen LogP contribution in [0.25, 0.3) is 0 Å². The van der Waals surface area contributed by atoms with Gasteiger partial charge in [-0.2, -0.15) is 5.10 Å². The molecule has 2 fully saturated rings. The fourth-order valence-electron chi connectivity index (χ4n) is 4.53. The third-order valence-corrected chi connectivity index (χ3v) is 7.74. The molecule has 1 aromatic carbocycles. The summed E-state index contributed by atoms with van der Waals surface area (Å²) in [5.74, 6) is 0.492. The van der Waals surface area contributed by atoms with Gasteiger partial charge in [-0.1, -0.05) is 17.7 Å². The fourth-order valence-corrected chi connectivity index (χ4v) is 6.22. The molecule has 0 spiro atoms. The highest BCUT2D eigenvalue weighted by Crippen LogP contribution is 2.31. The van der Waals surface area contributed by atoms with E-state index < -0.39 is 9.84 Å². The Kier molecular flexibility index (Phi) is 5.14. The Morgan fingerprint density at radius 1 is 1.10 bits per heavy atom. The standard InChI is InChI=1S/C21H28N4O3S/c1-15-5-4-6-18(13-15)21(26)24-10-8-23(9-11-24)20-16(2)22-25(17(20)3)19-7-12-29(27,28)14-19/h4-6,13,19H,7-12,14H2,1-3H3. The van der Waals surface area contributed by atoms with E-state index in [9.17, 15) is 13.2 Å². The van der Waals surface area contributed by atoms with Crippen molar-refractivity contribution < 1.29 is 13.2 Å².